The molecule has 98 valence electrons. The summed E-state index contributed by atoms with van der Waals surface area (Å²) in [6.45, 7) is 6.07. The highest BCUT2D eigenvalue weighted by atomic mass is 127. The van der Waals surface area contributed by atoms with Gasteiger partial charge in [0.15, 0.2) is 0 Å². The fourth-order valence-electron chi connectivity index (χ4n) is 3.21. The van der Waals surface area contributed by atoms with Crippen LogP contribution in [0.5, 0.6) is 0 Å². The van der Waals surface area contributed by atoms with Crippen LogP contribution in [0.4, 0.5) is 5.69 Å². The van der Waals surface area contributed by atoms with Crippen molar-refractivity contribution in [1.29, 1.82) is 0 Å². The molecule has 2 atom stereocenters. The summed E-state index contributed by atoms with van der Waals surface area (Å²) in [5.41, 5.74) is 1.38. The molecule has 0 saturated carbocycles. The van der Waals surface area contributed by atoms with Gasteiger partial charge in [-0.2, -0.15) is 0 Å². The van der Waals surface area contributed by atoms with Crippen LogP contribution in [0.3, 0.4) is 0 Å². The summed E-state index contributed by atoms with van der Waals surface area (Å²) in [5.74, 6) is 0. The van der Waals surface area contributed by atoms with Gasteiger partial charge in [-0.25, -0.2) is 0 Å². The third-order valence-electron chi connectivity index (χ3n) is 4.17. The largest absolute Gasteiger partial charge is 0.366 e. The van der Waals surface area contributed by atoms with Crippen molar-refractivity contribution in [2.75, 3.05) is 24.5 Å². The fourth-order valence-corrected chi connectivity index (χ4v) is 3.96. The topological polar surface area (TPSA) is 6.48 Å². The number of piperazine rings is 1. The highest BCUT2D eigenvalue weighted by molar-refractivity contribution is 14.1. The van der Waals surface area contributed by atoms with E-state index in [1.165, 1.54) is 46.2 Å². The first-order valence-corrected chi connectivity index (χ1v) is 8.48. The number of nitrogens with zero attached hydrogens (tertiary/aromatic N) is 2. The molecular formula is C14H18BrIN2. The zero-order chi connectivity index (χ0) is 12.7. The Labute approximate surface area is 131 Å². The minimum absolute atomic E-state index is 0.622. The van der Waals surface area contributed by atoms with E-state index in [1.54, 1.807) is 0 Å². The van der Waals surface area contributed by atoms with Crippen LogP contribution in [0.2, 0.25) is 0 Å². The SMILES string of the molecule is CC1CN2CCCC2CN1c1ccc(Br)c(I)c1. The summed E-state index contributed by atoms with van der Waals surface area (Å²) in [5, 5.41) is 0. The van der Waals surface area contributed by atoms with Gasteiger partial charge in [0, 0.05) is 38.9 Å². The van der Waals surface area contributed by atoms with Crippen molar-refractivity contribution in [2.45, 2.75) is 31.8 Å². The lowest BCUT2D eigenvalue weighted by Gasteiger charge is -2.43. The molecule has 2 aliphatic heterocycles. The normalized spacial score (nSPS) is 28.5. The molecule has 0 bridgehead atoms. The number of anilines is 1. The van der Waals surface area contributed by atoms with E-state index in [0.29, 0.717) is 6.04 Å². The minimum atomic E-state index is 0.622. The molecule has 4 heteroatoms. The van der Waals surface area contributed by atoms with Crippen molar-refractivity contribution in [3.05, 3.63) is 26.2 Å². The Hall–Kier alpha value is 0.190. The van der Waals surface area contributed by atoms with E-state index in [2.05, 4.69) is 73.4 Å². The van der Waals surface area contributed by atoms with E-state index >= 15 is 0 Å². The Kier molecular flexibility index (Phi) is 3.87. The van der Waals surface area contributed by atoms with Crippen molar-refractivity contribution in [3.63, 3.8) is 0 Å². The summed E-state index contributed by atoms with van der Waals surface area (Å²) < 4.78 is 2.49. The monoisotopic (exact) mass is 420 g/mol. The van der Waals surface area contributed by atoms with Gasteiger partial charge in [-0.3, -0.25) is 4.90 Å². The number of benzene rings is 1. The minimum Gasteiger partial charge on any atom is -0.366 e. The molecule has 1 aromatic rings. The van der Waals surface area contributed by atoms with E-state index in [-0.39, 0.29) is 0 Å². The second-order valence-electron chi connectivity index (χ2n) is 5.39. The molecule has 1 aromatic carbocycles. The summed E-state index contributed by atoms with van der Waals surface area (Å²) in [6, 6.07) is 8.11. The summed E-state index contributed by atoms with van der Waals surface area (Å²) in [7, 11) is 0. The van der Waals surface area contributed by atoms with Crippen molar-refractivity contribution in [1.82, 2.24) is 4.90 Å². The molecule has 2 aliphatic rings. The summed E-state index contributed by atoms with van der Waals surface area (Å²) >= 11 is 5.98. The predicted octanol–water partition coefficient (Wildman–Crippen LogP) is 3.73. The predicted molar refractivity (Wildman–Crippen MR) is 88.3 cm³/mol. The molecule has 0 aromatic heterocycles. The molecule has 2 unspecified atom stereocenters. The molecule has 0 amide bonds. The van der Waals surface area contributed by atoms with Crippen LogP contribution in [0.25, 0.3) is 0 Å². The van der Waals surface area contributed by atoms with E-state index in [4.69, 9.17) is 0 Å². The maximum atomic E-state index is 3.58. The second kappa shape index (κ2) is 5.29. The van der Waals surface area contributed by atoms with E-state index in [9.17, 15) is 0 Å². The molecule has 3 rings (SSSR count). The highest BCUT2D eigenvalue weighted by Gasteiger charge is 2.34. The lowest BCUT2D eigenvalue weighted by atomic mass is 10.1. The van der Waals surface area contributed by atoms with Gasteiger partial charge in [0.2, 0.25) is 0 Å². The smallest absolute Gasteiger partial charge is 0.0389 e. The zero-order valence-electron chi connectivity index (χ0n) is 10.6. The first-order valence-electron chi connectivity index (χ1n) is 6.61. The fraction of sp³-hybridized carbons (Fsp3) is 0.571. The van der Waals surface area contributed by atoms with Crippen LogP contribution < -0.4 is 4.90 Å². The summed E-state index contributed by atoms with van der Waals surface area (Å²) in [6.07, 6.45) is 2.75. The molecule has 18 heavy (non-hydrogen) atoms. The van der Waals surface area contributed by atoms with Crippen molar-refractivity contribution >= 4 is 44.2 Å². The van der Waals surface area contributed by atoms with Gasteiger partial charge in [0.25, 0.3) is 0 Å². The Morgan fingerprint density at radius 3 is 2.94 bits per heavy atom. The first kappa shape index (κ1) is 13.2. The molecule has 2 heterocycles. The van der Waals surface area contributed by atoms with Crippen molar-refractivity contribution in [3.8, 4) is 0 Å². The Balaban J connectivity index is 1.84. The number of rotatable bonds is 1. The maximum absolute atomic E-state index is 3.58. The van der Waals surface area contributed by atoms with Crippen LogP contribution >= 0.6 is 38.5 Å². The molecule has 0 spiro atoms. The van der Waals surface area contributed by atoms with Gasteiger partial charge >= 0.3 is 0 Å². The van der Waals surface area contributed by atoms with Crippen LogP contribution in [0, 0.1) is 3.57 Å². The highest BCUT2D eigenvalue weighted by Crippen LogP contribution is 2.31. The van der Waals surface area contributed by atoms with Crippen LogP contribution in [0.15, 0.2) is 22.7 Å². The van der Waals surface area contributed by atoms with Crippen molar-refractivity contribution < 1.29 is 0 Å². The number of hydrogen-bond donors (Lipinski definition) is 0. The van der Waals surface area contributed by atoms with Crippen molar-refractivity contribution in [2.24, 2.45) is 0 Å². The van der Waals surface area contributed by atoms with Gasteiger partial charge in [0.1, 0.15) is 0 Å². The van der Waals surface area contributed by atoms with Gasteiger partial charge in [-0.05, 0) is 83.0 Å². The lowest BCUT2D eigenvalue weighted by molar-refractivity contribution is 0.203. The Bertz CT molecular complexity index is 451. The number of fused-ring (bicyclic) bond motifs is 1. The molecule has 2 nitrogen and oxygen atoms in total. The molecule has 0 N–H and O–H groups in total. The average molecular weight is 421 g/mol. The maximum Gasteiger partial charge on any atom is 0.0389 e. The number of hydrogen-bond acceptors (Lipinski definition) is 2. The van der Waals surface area contributed by atoms with Gasteiger partial charge in [-0.1, -0.05) is 0 Å². The van der Waals surface area contributed by atoms with Crippen LogP contribution in [0.1, 0.15) is 19.8 Å². The van der Waals surface area contributed by atoms with E-state index in [0.717, 1.165) is 6.04 Å². The van der Waals surface area contributed by atoms with Gasteiger partial charge in [0.05, 0.1) is 0 Å². The summed E-state index contributed by atoms with van der Waals surface area (Å²) in [4.78, 5) is 5.26. The third kappa shape index (κ3) is 2.43. The standard InChI is InChI=1S/C14H18BrIN2/c1-10-8-17-6-2-3-12(17)9-18(10)11-4-5-13(15)14(16)7-11/h4-5,7,10,12H,2-3,6,8-9H2,1H3. The molecule has 0 aliphatic carbocycles. The van der Waals surface area contributed by atoms with Crippen LogP contribution in [-0.2, 0) is 0 Å². The third-order valence-corrected chi connectivity index (χ3v) is 6.50. The van der Waals surface area contributed by atoms with Gasteiger partial charge in [-0.15, -0.1) is 0 Å². The van der Waals surface area contributed by atoms with Crippen LogP contribution in [-0.4, -0.2) is 36.6 Å². The second-order valence-corrected chi connectivity index (χ2v) is 7.41. The molecule has 2 saturated heterocycles. The van der Waals surface area contributed by atoms with Gasteiger partial charge < -0.3 is 4.90 Å². The lowest BCUT2D eigenvalue weighted by Crippen LogP contribution is -2.55. The molecular weight excluding hydrogens is 403 g/mol. The van der Waals surface area contributed by atoms with E-state index in [1.807, 2.05) is 0 Å². The average Bonchev–Trinajstić information content (AvgIpc) is 2.79. The quantitative estimate of drug-likeness (QED) is 0.638. The molecule has 0 radical (unpaired) electrons. The first-order chi connectivity index (χ1) is 8.65. The Morgan fingerprint density at radius 1 is 1.33 bits per heavy atom. The molecule has 2 fully saturated rings. The van der Waals surface area contributed by atoms with E-state index < -0.39 is 0 Å². The zero-order valence-corrected chi connectivity index (χ0v) is 14.3. The Morgan fingerprint density at radius 2 is 2.17 bits per heavy atom. The number of halogens is 2.